The topological polar surface area (TPSA) is 102 Å². The predicted molar refractivity (Wildman–Crippen MR) is 142 cm³/mol. The second kappa shape index (κ2) is 9.58. The summed E-state index contributed by atoms with van der Waals surface area (Å²) in [5, 5.41) is 10.8. The molecule has 0 fully saturated rings. The largest absolute Gasteiger partial charge is 0.330 e. The summed E-state index contributed by atoms with van der Waals surface area (Å²) < 4.78 is 17.1. The molecule has 0 radical (unpaired) electrons. The van der Waals surface area contributed by atoms with Gasteiger partial charge in [-0.2, -0.15) is 5.10 Å². The van der Waals surface area contributed by atoms with Crippen molar-refractivity contribution in [2.75, 3.05) is 10.6 Å². The molecule has 2 N–H and O–H groups in total. The average Bonchev–Trinajstić information content (AvgIpc) is 3.53. The van der Waals surface area contributed by atoms with E-state index in [1.165, 1.54) is 18.3 Å². The molecule has 0 saturated heterocycles. The summed E-state index contributed by atoms with van der Waals surface area (Å²) in [5.74, 6) is -0.292. The van der Waals surface area contributed by atoms with Gasteiger partial charge in [-0.3, -0.25) is 4.79 Å². The van der Waals surface area contributed by atoms with Crippen molar-refractivity contribution in [1.29, 1.82) is 0 Å². The lowest BCUT2D eigenvalue weighted by Gasteiger charge is -2.09. The van der Waals surface area contributed by atoms with Gasteiger partial charge in [-0.25, -0.2) is 23.9 Å². The van der Waals surface area contributed by atoms with E-state index in [0.29, 0.717) is 34.4 Å². The molecule has 9 nitrogen and oxygen atoms in total. The minimum absolute atomic E-state index is 0.263. The number of carbonyl (C=O) groups is 1. The zero-order chi connectivity index (χ0) is 26.1. The number of benzene rings is 2. The summed E-state index contributed by atoms with van der Waals surface area (Å²) in [6.45, 7) is 0. The molecule has 10 heteroatoms. The number of anilines is 3. The molecule has 4 heterocycles. The third-order valence-electron chi connectivity index (χ3n) is 5.98. The number of hydrogen-bond donors (Lipinski definition) is 2. The number of pyridine rings is 1. The van der Waals surface area contributed by atoms with Crippen molar-refractivity contribution in [1.82, 2.24) is 29.1 Å². The van der Waals surface area contributed by atoms with Crippen molar-refractivity contribution in [3.63, 3.8) is 0 Å². The molecule has 0 aliphatic heterocycles. The summed E-state index contributed by atoms with van der Waals surface area (Å²) in [4.78, 5) is 25.8. The summed E-state index contributed by atoms with van der Waals surface area (Å²) in [7, 11) is 1.76. The van der Waals surface area contributed by atoms with Gasteiger partial charge in [-0.15, -0.1) is 0 Å². The molecule has 0 aliphatic rings. The van der Waals surface area contributed by atoms with Crippen molar-refractivity contribution in [2.45, 2.75) is 0 Å². The van der Waals surface area contributed by atoms with E-state index in [4.69, 9.17) is 10.1 Å². The Labute approximate surface area is 216 Å². The van der Waals surface area contributed by atoms with Crippen LogP contribution in [0.15, 0.2) is 97.7 Å². The number of nitrogens with zero attached hydrogens (tertiary/aromatic N) is 6. The fourth-order valence-electron chi connectivity index (χ4n) is 4.22. The van der Waals surface area contributed by atoms with E-state index >= 15 is 0 Å². The SMILES string of the molecule is Cn1cncc1C(=O)Nc1cccc(-c2nn3ccccc3c2-c2ccnc(Nc3cccc(F)c3)n2)c1. The Morgan fingerprint density at radius 3 is 2.68 bits per heavy atom. The number of amides is 1. The van der Waals surface area contributed by atoms with Crippen LogP contribution < -0.4 is 10.6 Å². The van der Waals surface area contributed by atoms with Crippen molar-refractivity contribution in [2.24, 2.45) is 7.05 Å². The van der Waals surface area contributed by atoms with Gasteiger partial charge in [-0.05, 0) is 48.5 Å². The fraction of sp³-hybridized carbons (Fsp3) is 0.0357. The highest BCUT2D eigenvalue weighted by molar-refractivity contribution is 6.03. The van der Waals surface area contributed by atoms with E-state index in [1.54, 1.807) is 46.9 Å². The van der Waals surface area contributed by atoms with E-state index in [9.17, 15) is 9.18 Å². The van der Waals surface area contributed by atoms with Gasteiger partial charge in [0.15, 0.2) is 0 Å². The highest BCUT2D eigenvalue weighted by Crippen LogP contribution is 2.35. The van der Waals surface area contributed by atoms with E-state index in [2.05, 4.69) is 20.6 Å². The number of aromatic nitrogens is 6. The molecule has 6 rings (SSSR count). The summed E-state index contributed by atoms with van der Waals surface area (Å²) in [6, 6.07) is 21.2. The van der Waals surface area contributed by atoms with Gasteiger partial charge < -0.3 is 15.2 Å². The number of aryl methyl sites for hydroxylation is 1. The predicted octanol–water partition coefficient (Wildman–Crippen LogP) is 5.33. The number of carbonyl (C=O) groups excluding carboxylic acids is 1. The summed E-state index contributed by atoms with van der Waals surface area (Å²) >= 11 is 0. The molecule has 0 spiro atoms. The second-order valence-electron chi connectivity index (χ2n) is 8.58. The molecule has 6 aromatic rings. The zero-order valence-electron chi connectivity index (χ0n) is 20.2. The zero-order valence-corrected chi connectivity index (χ0v) is 20.2. The van der Waals surface area contributed by atoms with Crippen LogP contribution in [0.2, 0.25) is 0 Å². The van der Waals surface area contributed by atoms with Crippen LogP contribution in [0.25, 0.3) is 28.0 Å². The molecule has 186 valence electrons. The van der Waals surface area contributed by atoms with Crippen LogP contribution in [0.4, 0.5) is 21.7 Å². The lowest BCUT2D eigenvalue weighted by atomic mass is 10.0. The number of nitrogens with one attached hydrogen (secondary N) is 2. The van der Waals surface area contributed by atoms with Crippen LogP contribution in [-0.2, 0) is 7.05 Å². The van der Waals surface area contributed by atoms with E-state index in [0.717, 1.165) is 16.6 Å². The normalized spacial score (nSPS) is 11.0. The third kappa shape index (κ3) is 4.46. The van der Waals surface area contributed by atoms with Gasteiger partial charge in [0, 0.05) is 36.4 Å². The lowest BCUT2D eigenvalue weighted by Crippen LogP contribution is -2.15. The van der Waals surface area contributed by atoms with Gasteiger partial charge >= 0.3 is 0 Å². The van der Waals surface area contributed by atoms with Crippen LogP contribution in [-0.4, -0.2) is 35.0 Å². The Morgan fingerprint density at radius 1 is 0.974 bits per heavy atom. The van der Waals surface area contributed by atoms with E-state index in [-0.39, 0.29) is 11.7 Å². The van der Waals surface area contributed by atoms with Gasteiger partial charge in [0.2, 0.25) is 5.95 Å². The average molecular weight is 505 g/mol. The van der Waals surface area contributed by atoms with Gasteiger partial charge in [0.05, 0.1) is 29.3 Å². The Bertz CT molecular complexity index is 1790. The second-order valence-corrected chi connectivity index (χ2v) is 8.58. The third-order valence-corrected chi connectivity index (χ3v) is 5.98. The van der Waals surface area contributed by atoms with Crippen LogP contribution in [0.1, 0.15) is 10.5 Å². The molecular weight excluding hydrogens is 483 g/mol. The molecule has 2 aromatic carbocycles. The summed E-state index contributed by atoms with van der Waals surface area (Å²) in [5.41, 5.74) is 5.37. The van der Waals surface area contributed by atoms with Crippen LogP contribution in [0.5, 0.6) is 0 Å². The maximum atomic E-state index is 13.7. The molecule has 1 amide bonds. The molecule has 0 aliphatic carbocycles. The number of hydrogen-bond acceptors (Lipinski definition) is 6. The van der Waals surface area contributed by atoms with Crippen LogP contribution in [0, 0.1) is 5.82 Å². The smallest absolute Gasteiger partial charge is 0.273 e. The quantitative estimate of drug-likeness (QED) is 0.318. The molecule has 0 saturated carbocycles. The van der Waals surface area contributed by atoms with Crippen molar-refractivity contribution >= 4 is 28.7 Å². The van der Waals surface area contributed by atoms with Crippen molar-refractivity contribution in [3.8, 4) is 22.5 Å². The van der Waals surface area contributed by atoms with E-state index < -0.39 is 0 Å². The minimum Gasteiger partial charge on any atom is -0.330 e. The van der Waals surface area contributed by atoms with Crippen LogP contribution >= 0.6 is 0 Å². The highest BCUT2D eigenvalue weighted by Gasteiger charge is 2.19. The Morgan fingerprint density at radius 2 is 1.84 bits per heavy atom. The standard InChI is InChI=1S/C28H21FN8O/c1-36-17-30-16-24(36)27(38)32-20-8-4-6-18(14-20)26-25(23-10-2-3-13-37(23)35-26)22-11-12-31-28(34-22)33-21-9-5-7-19(29)15-21/h2-17H,1H3,(H,32,38)(H,31,33,34). The maximum absolute atomic E-state index is 13.7. The number of imidazole rings is 1. The fourth-order valence-corrected chi connectivity index (χ4v) is 4.22. The summed E-state index contributed by atoms with van der Waals surface area (Å²) in [6.07, 6.45) is 6.60. The van der Waals surface area contributed by atoms with Crippen molar-refractivity contribution in [3.05, 3.63) is 109 Å². The number of rotatable bonds is 6. The highest BCUT2D eigenvalue weighted by atomic mass is 19.1. The number of halogens is 1. The lowest BCUT2D eigenvalue weighted by molar-refractivity contribution is 0.101. The Balaban J connectivity index is 1.40. The van der Waals surface area contributed by atoms with Crippen molar-refractivity contribution < 1.29 is 9.18 Å². The Hall–Kier alpha value is -5.38. The molecule has 0 bridgehead atoms. The first kappa shape index (κ1) is 23.0. The Kier molecular flexibility index (Phi) is 5.81. The van der Waals surface area contributed by atoms with Gasteiger partial charge in [-0.1, -0.05) is 24.3 Å². The first-order valence-electron chi connectivity index (χ1n) is 11.8. The van der Waals surface area contributed by atoms with Gasteiger partial charge in [0.1, 0.15) is 17.2 Å². The minimum atomic E-state index is -0.355. The monoisotopic (exact) mass is 504 g/mol. The molecule has 0 atom stereocenters. The molecule has 38 heavy (non-hydrogen) atoms. The van der Waals surface area contributed by atoms with Gasteiger partial charge in [0.25, 0.3) is 5.91 Å². The van der Waals surface area contributed by atoms with Crippen LogP contribution in [0.3, 0.4) is 0 Å². The first-order valence-corrected chi connectivity index (χ1v) is 11.8. The molecular formula is C28H21FN8O. The molecule has 0 unspecified atom stereocenters. The molecule has 4 aromatic heterocycles. The first-order chi connectivity index (χ1) is 18.5. The maximum Gasteiger partial charge on any atom is 0.273 e. The number of fused-ring (bicyclic) bond motifs is 1. The van der Waals surface area contributed by atoms with E-state index in [1.807, 2.05) is 48.7 Å².